The zero-order valence-electron chi connectivity index (χ0n) is 48.8. The van der Waals surface area contributed by atoms with Gasteiger partial charge in [-0.05, 0) is 96.3 Å². The highest BCUT2D eigenvalue weighted by Crippen LogP contribution is 2.16. The van der Waals surface area contributed by atoms with Crippen LogP contribution in [-0.4, -0.2) is 37.2 Å². The van der Waals surface area contributed by atoms with Crippen molar-refractivity contribution >= 4 is 17.9 Å². The Morgan fingerprint density at radius 1 is 0.284 bits per heavy atom. The van der Waals surface area contributed by atoms with Crippen LogP contribution < -0.4 is 0 Å². The van der Waals surface area contributed by atoms with Crippen molar-refractivity contribution in [3.8, 4) is 0 Å². The van der Waals surface area contributed by atoms with E-state index >= 15 is 0 Å². The van der Waals surface area contributed by atoms with Gasteiger partial charge in [-0.25, -0.2) is 0 Å². The standard InChI is InChI=1S/C68H118O6/c1-4-7-10-13-16-19-22-25-27-28-29-30-31-32-33-34-35-36-37-38-39-40-42-43-46-49-52-55-58-61-67(70)73-64-65(63-72-66(69)60-57-54-51-48-45-24-21-18-15-12-9-6-3)74-68(71)62-59-56-53-50-47-44-41-26-23-20-17-14-11-8-5-2/h7,10,16,18-19,21,25,27,29-30,32-33,35-36,65H,4-6,8-9,11-15,17,20,22-24,26,28,31,34,37-64H2,1-3H3/b10-7-,19-16-,21-18-,27-25-,30-29-,33-32-,36-35-. The van der Waals surface area contributed by atoms with E-state index in [1.165, 1.54) is 167 Å². The van der Waals surface area contributed by atoms with Crippen LogP contribution in [0.3, 0.4) is 0 Å². The minimum atomic E-state index is -0.779. The summed E-state index contributed by atoms with van der Waals surface area (Å²) in [7, 11) is 0. The van der Waals surface area contributed by atoms with Crippen molar-refractivity contribution in [1.82, 2.24) is 0 Å². The fraction of sp³-hybridized carbons (Fsp3) is 0.750. The minimum absolute atomic E-state index is 0.0782. The molecule has 1 unspecified atom stereocenters. The van der Waals surface area contributed by atoms with Crippen LogP contribution in [0.4, 0.5) is 0 Å². The number of hydrogen-bond acceptors (Lipinski definition) is 6. The van der Waals surface area contributed by atoms with Gasteiger partial charge in [0.15, 0.2) is 6.10 Å². The average Bonchev–Trinajstić information content (AvgIpc) is 3.40. The summed E-state index contributed by atoms with van der Waals surface area (Å²) in [5.41, 5.74) is 0. The maximum atomic E-state index is 12.9. The monoisotopic (exact) mass is 1030 g/mol. The van der Waals surface area contributed by atoms with Crippen molar-refractivity contribution < 1.29 is 28.6 Å². The largest absolute Gasteiger partial charge is 0.462 e. The van der Waals surface area contributed by atoms with E-state index in [1.807, 2.05) is 0 Å². The van der Waals surface area contributed by atoms with Crippen molar-refractivity contribution in [2.45, 2.75) is 316 Å². The number of carbonyl (C=O) groups excluding carboxylic acids is 3. The second kappa shape index (κ2) is 62.1. The molecule has 0 heterocycles. The molecular weight excluding hydrogens is 913 g/mol. The van der Waals surface area contributed by atoms with Gasteiger partial charge in [0.05, 0.1) is 0 Å². The van der Waals surface area contributed by atoms with Crippen molar-refractivity contribution in [2.24, 2.45) is 0 Å². The first-order valence-corrected chi connectivity index (χ1v) is 31.6. The molecule has 0 N–H and O–H groups in total. The van der Waals surface area contributed by atoms with E-state index in [0.717, 1.165) is 103 Å². The van der Waals surface area contributed by atoms with Crippen LogP contribution in [0, 0.1) is 0 Å². The number of rotatable bonds is 57. The molecule has 0 radical (unpaired) electrons. The third kappa shape index (κ3) is 59.5. The van der Waals surface area contributed by atoms with Crippen LogP contribution in [0.1, 0.15) is 310 Å². The Labute approximate surface area is 458 Å². The van der Waals surface area contributed by atoms with E-state index in [2.05, 4.69) is 106 Å². The third-order valence-electron chi connectivity index (χ3n) is 13.6. The fourth-order valence-electron chi connectivity index (χ4n) is 8.91. The molecule has 6 nitrogen and oxygen atoms in total. The van der Waals surface area contributed by atoms with E-state index in [9.17, 15) is 14.4 Å². The average molecular weight is 1030 g/mol. The highest BCUT2D eigenvalue weighted by Gasteiger charge is 2.19. The molecular formula is C68H118O6. The fourth-order valence-corrected chi connectivity index (χ4v) is 8.91. The lowest BCUT2D eigenvalue weighted by Crippen LogP contribution is -2.30. The number of carbonyl (C=O) groups is 3. The van der Waals surface area contributed by atoms with Gasteiger partial charge in [-0.15, -0.1) is 0 Å². The normalized spacial score (nSPS) is 12.6. The Balaban J connectivity index is 4.24. The first-order chi connectivity index (χ1) is 36.5. The van der Waals surface area contributed by atoms with E-state index in [4.69, 9.17) is 14.2 Å². The number of allylic oxidation sites excluding steroid dienone is 14. The minimum Gasteiger partial charge on any atom is -0.462 e. The third-order valence-corrected chi connectivity index (χ3v) is 13.6. The van der Waals surface area contributed by atoms with E-state index in [-0.39, 0.29) is 31.1 Å². The summed E-state index contributed by atoms with van der Waals surface area (Å²) in [6, 6.07) is 0. The van der Waals surface area contributed by atoms with Gasteiger partial charge in [0.1, 0.15) is 13.2 Å². The maximum Gasteiger partial charge on any atom is 0.306 e. The van der Waals surface area contributed by atoms with Crippen LogP contribution in [0.2, 0.25) is 0 Å². The molecule has 0 fully saturated rings. The summed E-state index contributed by atoms with van der Waals surface area (Å²) in [6.07, 6.45) is 81.6. The van der Waals surface area contributed by atoms with Crippen molar-refractivity contribution in [2.75, 3.05) is 13.2 Å². The second-order valence-electron chi connectivity index (χ2n) is 20.9. The summed E-state index contributed by atoms with van der Waals surface area (Å²) in [6.45, 7) is 6.52. The van der Waals surface area contributed by atoms with Crippen LogP contribution in [0.25, 0.3) is 0 Å². The molecule has 6 heteroatoms. The van der Waals surface area contributed by atoms with Gasteiger partial charge in [0.25, 0.3) is 0 Å². The summed E-state index contributed by atoms with van der Waals surface area (Å²) >= 11 is 0. The quantitative estimate of drug-likeness (QED) is 0.0261. The van der Waals surface area contributed by atoms with E-state index in [1.54, 1.807) is 0 Å². The van der Waals surface area contributed by atoms with Crippen LogP contribution in [0.5, 0.6) is 0 Å². The SMILES string of the molecule is CC/C=C\C/C=C\C/C=C\C/C=C\C/C=C\C/C=C\CCCCCCCCCCCCC(=O)OCC(COC(=O)CCCCCCC/C=C\CCCCC)OC(=O)CCCCCCCCCCCCCCCCC. The zero-order chi connectivity index (χ0) is 53.6. The molecule has 1 atom stereocenters. The second-order valence-corrected chi connectivity index (χ2v) is 20.9. The van der Waals surface area contributed by atoms with Crippen molar-refractivity contribution in [1.29, 1.82) is 0 Å². The van der Waals surface area contributed by atoms with E-state index in [0.29, 0.717) is 19.3 Å². The summed E-state index contributed by atoms with van der Waals surface area (Å²) in [5, 5.41) is 0. The summed E-state index contributed by atoms with van der Waals surface area (Å²) in [5.74, 6) is -0.879. The zero-order valence-corrected chi connectivity index (χ0v) is 48.8. The highest BCUT2D eigenvalue weighted by atomic mass is 16.6. The predicted octanol–water partition coefficient (Wildman–Crippen LogP) is 21.5. The topological polar surface area (TPSA) is 78.9 Å². The molecule has 0 spiro atoms. The summed E-state index contributed by atoms with van der Waals surface area (Å²) in [4.78, 5) is 38.2. The van der Waals surface area contributed by atoms with Gasteiger partial charge in [0, 0.05) is 19.3 Å². The van der Waals surface area contributed by atoms with Crippen molar-refractivity contribution in [3.63, 3.8) is 0 Å². The highest BCUT2D eigenvalue weighted by molar-refractivity contribution is 5.71. The number of unbranched alkanes of at least 4 members (excludes halogenated alkanes) is 32. The first-order valence-electron chi connectivity index (χ1n) is 31.6. The maximum absolute atomic E-state index is 12.9. The molecule has 0 aromatic heterocycles. The number of hydrogen-bond donors (Lipinski definition) is 0. The molecule has 0 aromatic carbocycles. The molecule has 0 aliphatic carbocycles. The molecule has 0 aliphatic rings. The molecule has 0 amide bonds. The smallest absolute Gasteiger partial charge is 0.306 e. The van der Waals surface area contributed by atoms with Gasteiger partial charge >= 0.3 is 17.9 Å². The molecule has 0 aromatic rings. The number of esters is 3. The molecule has 426 valence electrons. The Kier molecular flexibility index (Phi) is 59.3. The van der Waals surface area contributed by atoms with Gasteiger partial charge in [-0.2, -0.15) is 0 Å². The first kappa shape index (κ1) is 70.6. The Hall–Kier alpha value is -3.41. The van der Waals surface area contributed by atoms with Crippen LogP contribution >= 0.6 is 0 Å². The van der Waals surface area contributed by atoms with Crippen molar-refractivity contribution in [3.05, 3.63) is 85.1 Å². The number of ether oxygens (including phenoxy) is 3. The van der Waals surface area contributed by atoms with E-state index < -0.39 is 6.10 Å². The molecule has 0 bridgehead atoms. The van der Waals surface area contributed by atoms with Gasteiger partial charge in [0.2, 0.25) is 0 Å². The van der Waals surface area contributed by atoms with Crippen LogP contribution in [-0.2, 0) is 28.6 Å². The van der Waals surface area contributed by atoms with Gasteiger partial charge < -0.3 is 14.2 Å². The van der Waals surface area contributed by atoms with Gasteiger partial charge in [-0.1, -0.05) is 279 Å². The van der Waals surface area contributed by atoms with Gasteiger partial charge in [-0.3, -0.25) is 14.4 Å². The molecule has 0 saturated heterocycles. The van der Waals surface area contributed by atoms with Crippen LogP contribution in [0.15, 0.2) is 85.1 Å². The Bertz CT molecular complexity index is 1420. The lowest BCUT2D eigenvalue weighted by molar-refractivity contribution is -0.167. The molecule has 0 saturated carbocycles. The Morgan fingerprint density at radius 3 is 0.865 bits per heavy atom. The predicted molar refractivity (Wildman–Crippen MR) is 321 cm³/mol. The lowest BCUT2D eigenvalue weighted by Gasteiger charge is -2.18. The summed E-state index contributed by atoms with van der Waals surface area (Å²) < 4.78 is 16.9. The Morgan fingerprint density at radius 2 is 0.527 bits per heavy atom. The molecule has 0 aliphatic heterocycles. The lowest BCUT2D eigenvalue weighted by atomic mass is 10.0. The molecule has 74 heavy (non-hydrogen) atoms. The molecule has 0 rings (SSSR count).